The predicted molar refractivity (Wildman–Crippen MR) is 126 cm³/mol. The Morgan fingerprint density at radius 1 is 1.00 bits per heavy atom. The van der Waals surface area contributed by atoms with Gasteiger partial charge in [0.05, 0.1) is 11.3 Å². The molecular weight excluding hydrogens is 424 g/mol. The second-order valence-corrected chi connectivity index (χ2v) is 8.32. The van der Waals surface area contributed by atoms with Gasteiger partial charge in [-0.25, -0.2) is 0 Å². The number of para-hydroxylation sites is 1. The van der Waals surface area contributed by atoms with Crippen molar-refractivity contribution in [3.05, 3.63) is 94.3 Å². The molecule has 1 fully saturated rings. The monoisotopic (exact) mass is 448 g/mol. The van der Waals surface area contributed by atoms with E-state index in [2.05, 4.69) is 21.3 Å². The van der Waals surface area contributed by atoms with Gasteiger partial charge in [0.15, 0.2) is 0 Å². The Kier molecular flexibility index (Phi) is 6.83. The van der Waals surface area contributed by atoms with Crippen LogP contribution < -0.4 is 5.32 Å². The van der Waals surface area contributed by atoms with Crippen molar-refractivity contribution in [1.29, 1.82) is 0 Å². The lowest BCUT2D eigenvalue weighted by Crippen LogP contribution is -2.48. The number of nitrogens with one attached hydrogen (secondary N) is 1. The van der Waals surface area contributed by atoms with Crippen LogP contribution in [0.5, 0.6) is 0 Å². The largest absolute Gasteiger partial charge is 0.336 e. The minimum atomic E-state index is -0.262. The number of hydrogen-bond acceptors (Lipinski definition) is 4. The molecule has 0 unspecified atom stereocenters. The highest BCUT2D eigenvalue weighted by molar-refractivity contribution is 6.30. The molecule has 6 nitrogen and oxygen atoms in total. The maximum Gasteiger partial charge on any atom is 0.256 e. The van der Waals surface area contributed by atoms with Crippen molar-refractivity contribution >= 4 is 29.1 Å². The fourth-order valence-corrected chi connectivity index (χ4v) is 4.09. The van der Waals surface area contributed by atoms with E-state index in [4.69, 9.17) is 11.6 Å². The van der Waals surface area contributed by atoms with Crippen molar-refractivity contribution in [1.82, 2.24) is 14.8 Å². The molecule has 2 amide bonds. The zero-order chi connectivity index (χ0) is 22.5. The van der Waals surface area contributed by atoms with Gasteiger partial charge >= 0.3 is 0 Å². The molecule has 1 aliphatic rings. The van der Waals surface area contributed by atoms with E-state index in [-0.39, 0.29) is 11.8 Å². The number of aryl methyl sites for hydroxylation is 1. The number of hydrogen-bond donors (Lipinski definition) is 1. The predicted octanol–water partition coefficient (Wildman–Crippen LogP) is 4.25. The summed E-state index contributed by atoms with van der Waals surface area (Å²) in [5.41, 5.74) is 3.57. The summed E-state index contributed by atoms with van der Waals surface area (Å²) in [5, 5.41) is 3.66. The highest BCUT2D eigenvalue weighted by Crippen LogP contribution is 2.24. The lowest BCUT2D eigenvalue weighted by molar-refractivity contribution is 0.0629. The molecule has 0 radical (unpaired) electrons. The molecule has 1 aliphatic heterocycles. The van der Waals surface area contributed by atoms with Crippen LogP contribution >= 0.6 is 11.6 Å². The second-order valence-electron chi connectivity index (χ2n) is 7.89. The Morgan fingerprint density at radius 2 is 1.72 bits per heavy atom. The van der Waals surface area contributed by atoms with Crippen LogP contribution in [0.3, 0.4) is 0 Å². The van der Waals surface area contributed by atoms with Crippen molar-refractivity contribution < 1.29 is 9.59 Å². The minimum Gasteiger partial charge on any atom is -0.336 e. The number of halogens is 1. The average molecular weight is 449 g/mol. The van der Waals surface area contributed by atoms with Gasteiger partial charge in [0.1, 0.15) is 0 Å². The number of benzene rings is 2. The van der Waals surface area contributed by atoms with E-state index in [1.807, 2.05) is 42.2 Å². The first kappa shape index (κ1) is 22.0. The van der Waals surface area contributed by atoms with Crippen LogP contribution in [-0.4, -0.2) is 52.8 Å². The molecule has 2 heterocycles. The van der Waals surface area contributed by atoms with E-state index in [0.29, 0.717) is 29.9 Å². The van der Waals surface area contributed by atoms with Crippen LogP contribution in [-0.2, 0) is 6.54 Å². The number of anilines is 1. The van der Waals surface area contributed by atoms with Gasteiger partial charge in [-0.05, 0) is 48.4 Å². The van der Waals surface area contributed by atoms with Gasteiger partial charge in [0.25, 0.3) is 11.8 Å². The Bertz CT molecular complexity index is 1110. The summed E-state index contributed by atoms with van der Waals surface area (Å²) in [6.45, 7) is 5.52. The number of pyridine rings is 1. The van der Waals surface area contributed by atoms with Gasteiger partial charge in [0.2, 0.25) is 0 Å². The number of carbonyl (C=O) groups is 2. The smallest absolute Gasteiger partial charge is 0.256 e. The van der Waals surface area contributed by atoms with Gasteiger partial charge in [-0.3, -0.25) is 19.5 Å². The quantitative estimate of drug-likeness (QED) is 0.633. The standard InChI is InChI=1S/C25H25ClN4O2/c1-18-4-2-7-22(23(18)28-24(31)20-8-10-27-11-9-20)25(32)30-14-12-29(13-15-30)17-19-5-3-6-21(26)16-19/h2-11,16H,12-15,17H2,1H3,(H,28,31). The van der Waals surface area contributed by atoms with Crippen LogP contribution in [0.25, 0.3) is 0 Å². The maximum atomic E-state index is 13.3. The third-order valence-corrected chi connectivity index (χ3v) is 5.87. The summed E-state index contributed by atoms with van der Waals surface area (Å²) >= 11 is 6.09. The third-order valence-electron chi connectivity index (χ3n) is 5.64. The summed E-state index contributed by atoms with van der Waals surface area (Å²) in [6, 6.07) is 16.7. The summed E-state index contributed by atoms with van der Waals surface area (Å²) in [5.74, 6) is -0.330. The minimum absolute atomic E-state index is 0.0684. The zero-order valence-electron chi connectivity index (χ0n) is 17.9. The number of amides is 2. The molecular formula is C25H25ClN4O2. The van der Waals surface area contributed by atoms with E-state index in [1.54, 1.807) is 30.6 Å². The van der Waals surface area contributed by atoms with E-state index in [9.17, 15) is 9.59 Å². The van der Waals surface area contributed by atoms with Crippen molar-refractivity contribution in [2.24, 2.45) is 0 Å². The SMILES string of the molecule is Cc1cccc(C(=O)N2CCN(Cc3cccc(Cl)c3)CC2)c1NC(=O)c1ccncc1. The van der Waals surface area contributed by atoms with E-state index in [1.165, 1.54) is 0 Å². The fraction of sp³-hybridized carbons (Fsp3) is 0.240. The molecule has 0 aliphatic carbocycles. The Labute approximate surface area is 192 Å². The number of aromatic nitrogens is 1. The van der Waals surface area contributed by atoms with Crippen LogP contribution in [0.15, 0.2) is 67.0 Å². The van der Waals surface area contributed by atoms with Crippen LogP contribution in [0, 0.1) is 6.92 Å². The van der Waals surface area contributed by atoms with Crippen LogP contribution in [0.2, 0.25) is 5.02 Å². The Morgan fingerprint density at radius 3 is 2.44 bits per heavy atom. The summed E-state index contributed by atoms with van der Waals surface area (Å²) in [6.07, 6.45) is 3.14. The summed E-state index contributed by atoms with van der Waals surface area (Å²) in [4.78, 5) is 34.1. The number of carbonyl (C=O) groups excluding carboxylic acids is 2. The highest BCUT2D eigenvalue weighted by atomic mass is 35.5. The molecule has 1 N–H and O–H groups in total. The molecule has 1 aromatic heterocycles. The summed E-state index contributed by atoms with van der Waals surface area (Å²) in [7, 11) is 0. The first-order valence-electron chi connectivity index (χ1n) is 10.6. The molecule has 0 atom stereocenters. The number of nitrogens with zero attached hydrogens (tertiary/aromatic N) is 3. The van der Waals surface area contributed by atoms with Crippen molar-refractivity contribution in [2.75, 3.05) is 31.5 Å². The molecule has 2 aromatic carbocycles. The van der Waals surface area contributed by atoms with Gasteiger partial charge < -0.3 is 10.2 Å². The number of rotatable bonds is 5. The fourth-order valence-electron chi connectivity index (χ4n) is 3.87. The maximum absolute atomic E-state index is 13.3. The molecule has 164 valence electrons. The topological polar surface area (TPSA) is 65.5 Å². The van der Waals surface area contributed by atoms with E-state index >= 15 is 0 Å². The van der Waals surface area contributed by atoms with Crippen molar-refractivity contribution in [3.63, 3.8) is 0 Å². The van der Waals surface area contributed by atoms with Gasteiger partial charge in [-0.1, -0.05) is 35.9 Å². The zero-order valence-corrected chi connectivity index (χ0v) is 18.7. The van der Waals surface area contributed by atoms with Crippen LogP contribution in [0.1, 0.15) is 31.8 Å². The average Bonchev–Trinajstić information content (AvgIpc) is 2.81. The molecule has 3 aromatic rings. The Hall–Kier alpha value is -3.22. The normalized spacial score (nSPS) is 14.2. The molecule has 0 spiro atoms. The summed E-state index contributed by atoms with van der Waals surface area (Å²) < 4.78 is 0. The third kappa shape index (κ3) is 5.15. The first-order chi connectivity index (χ1) is 15.5. The lowest BCUT2D eigenvalue weighted by Gasteiger charge is -2.35. The van der Waals surface area contributed by atoms with E-state index in [0.717, 1.165) is 35.8 Å². The molecule has 4 rings (SSSR count). The lowest BCUT2D eigenvalue weighted by atomic mass is 10.1. The van der Waals surface area contributed by atoms with Crippen molar-refractivity contribution in [3.8, 4) is 0 Å². The molecule has 7 heteroatoms. The second kappa shape index (κ2) is 9.94. The molecule has 1 saturated heterocycles. The van der Waals surface area contributed by atoms with Crippen LogP contribution in [0.4, 0.5) is 5.69 Å². The molecule has 0 bridgehead atoms. The first-order valence-corrected chi connectivity index (χ1v) is 11.0. The van der Waals surface area contributed by atoms with Gasteiger partial charge in [0, 0.05) is 55.7 Å². The Balaban J connectivity index is 1.43. The molecule has 0 saturated carbocycles. The number of piperazine rings is 1. The van der Waals surface area contributed by atoms with Gasteiger partial charge in [-0.2, -0.15) is 0 Å². The highest BCUT2D eigenvalue weighted by Gasteiger charge is 2.25. The molecule has 32 heavy (non-hydrogen) atoms. The van der Waals surface area contributed by atoms with Gasteiger partial charge in [-0.15, -0.1) is 0 Å². The van der Waals surface area contributed by atoms with E-state index < -0.39 is 0 Å². The van der Waals surface area contributed by atoms with Crippen molar-refractivity contribution in [2.45, 2.75) is 13.5 Å².